The number of anilines is 1. The van der Waals surface area contributed by atoms with Gasteiger partial charge in [0.05, 0.1) is 12.7 Å². The maximum absolute atomic E-state index is 12.3. The van der Waals surface area contributed by atoms with Crippen LogP contribution in [0.1, 0.15) is 30.6 Å². The maximum atomic E-state index is 12.3. The standard InChI is InChI=1S/C14H19BrN2O3/c1-4-8(2)12(14(19)20-3)17-13(18)10-7-9(16)5-6-11(10)15/h5-8,12H,4,16H2,1-3H3,(H,17,18). The molecule has 0 fully saturated rings. The summed E-state index contributed by atoms with van der Waals surface area (Å²) in [5.41, 5.74) is 6.55. The Bertz CT molecular complexity index is 505. The lowest BCUT2D eigenvalue weighted by Crippen LogP contribution is -2.45. The largest absolute Gasteiger partial charge is 0.467 e. The Morgan fingerprint density at radius 3 is 2.65 bits per heavy atom. The van der Waals surface area contributed by atoms with Gasteiger partial charge in [-0.2, -0.15) is 0 Å². The third-order valence-corrected chi connectivity index (χ3v) is 3.88. The Kier molecular flexibility index (Phi) is 6.01. The predicted octanol–water partition coefficient (Wildman–Crippen LogP) is 2.35. The first-order valence-electron chi connectivity index (χ1n) is 6.34. The molecule has 1 aromatic carbocycles. The fraction of sp³-hybridized carbons (Fsp3) is 0.429. The molecule has 1 aromatic rings. The number of carbonyl (C=O) groups excluding carboxylic acids is 2. The second-order valence-electron chi connectivity index (χ2n) is 4.60. The molecular weight excluding hydrogens is 324 g/mol. The number of hydrogen-bond donors (Lipinski definition) is 2. The van der Waals surface area contributed by atoms with Gasteiger partial charge in [-0.25, -0.2) is 4.79 Å². The summed E-state index contributed by atoms with van der Waals surface area (Å²) in [7, 11) is 1.31. The van der Waals surface area contributed by atoms with Crippen LogP contribution in [0.2, 0.25) is 0 Å². The number of ether oxygens (including phenoxy) is 1. The summed E-state index contributed by atoms with van der Waals surface area (Å²) in [6.07, 6.45) is 0.748. The third-order valence-electron chi connectivity index (χ3n) is 3.19. The Balaban J connectivity index is 2.96. The van der Waals surface area contributed by atoms with E-state index < -0.39 is 12.0 Å². The molecule has 0 bridgehead atoms. The maximum Gasteiger partial charge on any atom is 0.328 e. The number of amides is 1. The highest BCUT2D eigenvalue weighted by Gasteiger charge is 2.27. The van der Waals surface area contributed by atoms with Gasteiger partial charge >= 0.3 is 5.97 Å². The number of rotatable bonds is 5. The highest BCUT2D eigenvalue weighted by Crippen LogP contribution is 2.20. The van der Waals surface area contributed by atoms with Crippen LogP contribution in [0.3, 0.4) is 0 Å². The van der Waals surface area contributed by atoms with Crippen LogP contribution in [0.15, 0.2) is 22.7 Å². The number of halogens is 1. The Labute approximate surface area is 127 Å². The van der Waals surface area contributed by atoms with Crippen molar-refractivity contribution in [3.8, 4) is 0 Å². The molecule has 110 valence electrons. The number of methoxy groups -OCH3 is 1. The average Bonchev–Trinajstić information content (AvgIpc) is 2.45. The van der Waals surface area contributed by atoms with E-state index in [2.05, 4.69) is 21.2 Å². The van der Waals surface area contributed by atoms with E-state index >= 15 is 0 Å². The predicted molar refractivity (Wildman–Crippen MR) is 81.3 cm³/mol. The molecule has 0 aliphatic heterocycles. The summed E-state index contributed by atoms with van der Waals surface area (Å²) in [4.78, 5) is 24.0. The number of nitrogen functional groups attached to an aromatic ring is 1. The van der Waals surface area contributed by atoms with E-state index in [0.717, 1.165) is 6.42 Å². The van der Waals surface area contributed by atoms with Crippen LogP contribution in [0.4, 0.5) is 5.69 Å². The van der Waals surface area contributed by atoms with Crippen molar-refractivity contribution in [3.63, 3.8) is 0 Å². The van der Waals surface area contributed by atoms with Crippen molar-refractivity contribution in [1.29, 1.82) is 0 Å². The molecule has 5 nitrogen and oxygen atoms in total. The molecule has 0 saturated heterocycles. The van der Waals surface area contributed by atoms with Gasteiger partial charge in [-0.3, -0.25) is 4.79 Å². The molecule has 0 aromatic heterocycles. The van der Waals surface area contributed by atoms with Crippen LogP contribution in [-0.4, -0.2) is 25.0 Å². The summed E-state index contributed by atoms with van der Waals surface area (Å²) in [5, 5.41) is 2.70. The molecule has 20 heavy (non-hydrogen) atoms. The lowest BCUT2D eigenvalue weighted by molar-refractivity contribution is -0.144. The lowest BCUT2D eigenvalue weighted by atomic mass is 9.99. The third kappa shape index (κ3) is 3.96. The minimum atomic E-state index is -0.675. The second-order valence-corrected chi connectivity index (χ2v) is 5.45. The van der Waals surface area contributed by atoms with Crippen molar-refractivity contribution >= 4 is 33.5 Å². The topological polar surface area (TPSA) is 81.4 Å². The van der Waals surface area contributed by atoms with E-state index in [1.54, 1.807) is 18.2 Å². The number of esters is 1. The van der Waals surface area contributed by atoms with Gasteiger partial charge in [-0.15, -0.1) is 0 Å². The van der Waals surface area contributed by atoms with Crippen molar-refractivity contribution in [2.24, 2.45) is 5.92 Å². The molecule has 0 aliphatic rings. The monoisotopic (exact) mass is 342 g/mol. The van der Waals surface area contributed by atoms with E-state index in [1.165, 1.54) is 7.11 Å². The Morgan fingerprint density at radius 2 is 2.10 bits per heavy atom. The van der Waals surface area contributed by atoms with Gasteiger partial charge in [-0.1, -0.05) is 20.3 Å². The average molecular weight is 343 g/mol. The zero-order valence-electron chi connectivity index (χ0n) is 11.8. The summed E-state index contributed by atoms with van der Waals surface area (Å²) in [6, 6.07) is 4.27. The quantitative estimate of drug-likeness (QED) is 0.635. The van der Waals surface area contributed by atoms with Crippen molar-refractivity contribution in [3.05, 3.63) is 28.2 Å². The molecule has 0 heterocycles. The lowest BCUT2D eigenvalue weighted by Gasteiger charge is -2.22. The zero-order chi connectivity index (χ0) is 15.3. The van der Waals surface area contributed by atoms with Crippen LogP contribution in [0.25, 0.3) is 0 Å². The van der Waals surface area contributed by atoms with Crippen LogP contribution >= 0.6 is 15.9 Å². The molecule has 0 aliphatic carbocycles. The first-order chi connectivity index (χ1) is 9.40. The van der Waals surface area contributed by atoms with Gasteiger partial charge in [0, 0.05) is 10.2 Å². The van der Waals surface area contributed by atoms with Crippen LogP contribution in [-0.2, 0) is 9.53 Å². The van der Waals surface area contributed by atoms with Gasteiger partial charge in [0.1, 0.15) is 6.04 Å². The molecule has 2 unspecified atom stereocenters. The highest BCUT2D eigenvalue weighted by atomic mass is 79.9. The molecule has 6 heteroatoms. The number of nitrogens with one attached hydrogen (secondary N) is 1. The summed E-state index contributed by atoms with van der Waals surface area (Å²) >= 11 is 3.30. The van der Waals surface area contributed by atoms with Gasteiger partial charge in [-0.05, 0) is 40.0 Å². The van der Waals surface area contributed by atoms with Crippen molar-refractivity contribution in [2.75, 3.05) is 12.8 Å². The second kappa shape index (κ2) is 7.28. The minimum absolute atomic E-state index is 0.0220. The fourth-order valence-corrected chi connectivity index (χ4v) is 2.16. The van der Waals surface area contributed by atoms with Gasteiger partial charge in [0.15, 0.2) is 0 Å². The molecule has 0 spiro atoms. The van der Waals surface area contributed by atoms with Gasteiger partial charge in [0.25, 0.3) is 5.91 Å². The van der Waals surface area contributed by atoms with Crippen molar-refractivity contribution < 1.29 is 14.3 Å². The zero-order valence-corrected chi connectivity index (χ0v) is 13.4. The summed E-state index contributed by atoms with van der Waals surface area (Å²) in [5.74, 6) is -0.834. The normalized spacial score (nSPS) is 13.4. The highest BCUT2D eigenvalue weighted by molar-refractivity contribution is 9.10. The van der Waals surface area contributed by atoms with E-state index in [1.807, 2.05) is 13.8 Å². The first-order valence-corrected chi connectivity index (χ1v) is 7.13. The number of nitrogens with two attached hydrogens (primary N) is 1. The molecule has 1 amide bonds. The fourth-order valence-electron chi connectivity index (χ4n) is 1.73. The molecule has 0 radical (unpaired) electrons. The number of benzene rings is 1. The molecular formula is C14H19BrN2O3. The van der Waals surface area contributed by atoms with E-state index in [9.17, 15) is 9.59 Å². The van der Waals surface area contributed by atoms with Crippen LogP contribution in [0, 0.1) is 5.92 Å². The van der Waals surface area contributed by atoms with Crippen molar-refractivity contribution in [1.82, 2.24) is 5.32 Å². The number of hydrogen-bond acceptors (Lipinski definition) is 4. The molecule has 1 rings (SSSR count). The summed E-state index contributed by atoms with van der Waals surface area (Å²) in [6.45, 7) is 3.83. The van der Waals surface area contributed by atoms with Gasteiger partial charge < -0.3 is 15.8 Å². The molecule has 2 atom stereocenters. The first kappa shape index (κ1) is 16.5. The van der Waals surface area contributed by atoms with E-state index in [0.29, 0.717) is 15.7 Å². The number of carbonyl (C=O) groups is 2. The Hall–Kier alpha value is -1.56. The van der Waals surface area contributed by atoms with Crippen LogP contribution in [0.5, 0.6) is 0 Å². The minimum Gasteiger partial charge on any atom is -0.467 e. The molecule has 0 saturated carbocycles. The van der Waals surface area contributed by atoms with E-state index in [-0.39, 0.29) is 11.8 Å². The Morgan fingerprint density at radius 1 is 1.45 bits per heavy atom. The summed E-state index contributed by atoms with van der Waals surface area (Å²) < 4.78 is 5.36. The van der Waals surface area contributed by atoms with Crippen LogP contribution < -0.4 is 11.1 Å². The smallest absolute Gasteiger partial charge is 0.328 e. The van der Waals surface area contributed by atoms with E-state index in [4.69, 9.17) is 10.5 Å². The SMILES string of the molecule is CCC(C)C(NC(=O)c1cc(N)ccc1Br)C(=O)OC. The molecule has 3 N–H and O–H groups in total. The van der Waals surface area contributed by atoms with Gasteiger partial charge in [0.2, 0.25) is 0 Å². The van der Waals surface area contributed by atoms with Crippen molar-refractivity contribution in [2.45, 2.75) is 26.3 Å².